The summed E-state index contributed by atoms with van der Waals surface area (Å²) in [6.45, 7) is 18.1. The van der Waals surface area contributed by atoms with Crippen molar-refractivity contribution >= 4 is 17.7 Å². The highest BCUT2D eigenvalue weighted by molar-refractivity contribution is 5.86. The van der Waals surface area contributed by atoms with E-state index < -0.39 is 5.41 Å². The summed E-state index contributed by atoms with van der Waals surface area (Å²) in [7, 11) is 1.53. The van der Waals surface area contributed by atoms with Crippen LogP contribution in [0.5, 0.6) is 0 Å². The fourth-order valence-electron chi connectivity index (χ4n) is 11.7. The van der Waals surface area contributed by atoms with Gasteiger partial charge < -0.3 is 9.47 Å². The van der Waals surface area contributed by atoms with Crippen LogP contribution in [0.4, 0.5) is 0 Å². The first-order valence-corrected chi connectivity index (χ1v) is 15.3. The van der Waals surface area contributed by atoms with E-state index in [1.165, 1.54) is 14.0 Å². The van der Waals surface area contributed by atoms with Crippen molar-refractivity contribution < 1.29 is 23.9 Å². The highest BCUT2D eigenvalue weighted by atomic mass is 16.5. The van der Waals surface area contributed by atoms with Crippen molar-refractivity contribution in [2.24, 2.45) is 56.2 Å². The molecule has 0 saturated heterocycles. The Hall–Kier alpha value is -1.39. The molecular weight excluding hydrogens is 476 g/mol. The van der Waals surface area contributed by atoms with Gasteiger partial charge in [0.1, 0.15) is 11.9 Å². The van der Waals surface area contributed by atoms with Crippen molar-refractivity contribution in [2.75, 3.05) is 7.11 Å². The van der Waals surface area contributed by atoms with Crippen LogP contribution in [-0.4, -0.2) is 30.9 Å². The largest absolute Gasteiger partial charge is 0.469 e. The van der Waals surface area contributed by atoms with Crippen LogP contribution in [0.1, 0.15) is 120 Å². The van der Waals surface area contributed by atoms with Gasteiger partial charge in [-0.15, -0.1) is 0 Å². The van der Waals surface area contributed by atoms with Gasteiger partial charge in [-0.1, -0.05) is 48.5 Å². The highest BCUT2D eigenvalue weighted by Crippen LogP contribution is 2.76. The Morgan fingerprint density at radius 3 is 2.11 bits per heavy atom. The number of esters is 2. The lowest BCUT2D eigenvalue weighted by atomic mass is 9.31. The van der Waals surface area contributed by atoms with Gasteiger partial charge in [0.2, 0.25) is 0 Å². The third kappa shape index (κ3) is 3.57. The van der Waals surface area contributed by atoms with Gasteiger partial charge >= 0.3 is 11.9 Å². The molecule has 5 heteroatoms. The predicted octanol–water partition coefficient (Wildman–Crippen LogP) is 7.15. The molecule has 5 fully saturated rings. The highest BCUT2D eigenvalue weighted by Gasteiger charge is 2.73. The molecule has 38 heavy (non-hydrogen) atoms. The molecule has 5 aliphatic carbocycles. The predicted molar refractivity (Wildman–Crippen MR) is 147 cm³/mol. The van der Waals surface area contributed by atoms with Gasteiger partial charge in [-0.3, -0.25) is 14.4 Å². The van der Waals surface area contributed by atoms with Crippen LogP contribution in [0.15, 0.2) is 0 Å². The fourth-order valence-corrected chi connectivity index (χ4v) is 11.7. The molecule has 0 aromatic carbocycles. The average Bonchev–Trinajstić information content (AvgIpc) is 2.81. The standard InChI is InChI=1S/C33H52O5/c1-20(34)38-25-11-12-30(6)23(29(25,4)5)10-13-31(7)24(30)18-22(35)26-21-19-28(2,3)14-16-33(21,27(36)37-9)17-15-32(26,31)8/h21,23-26H,10-19H2,1-9H3/t21?,23?,24?,25?,26?,30-,31+,32+,33-/m0/s1. The van der Waals surface area contributed by atoms with Crippen LogP contribution < -0.4 is 0 Å². The van der Waals surface area contributed by atoms with Gasteiger partial charge in [0.25, 0.3) is 0 Å². The summed E-state index contributed by atoms with van der Waals surface area (Å²) < 4.78 is 11.3. The molecule has 0 aromatic rings. The van der Waals surface area contributed by atoms with E-state index in [1.807, 2.05) is 0 Å². The maximum Gasteiger partial charge on any atom is 0.312 e. The summed E-state index contributed by atoms with van der Waals surface area (Å²) in [6, 6.07) is 0. The van der Waals surface area contributed by atoms with E-state index in [1.54, 1.807) is 0 Å². The second-order valence-corrected chi connectivity index (χ2v) is 16.2. The van der Waals surface area contributed by atoms with E-state index in [2.05, 4.69) is 48.5 Å². The number of ether oxygens (including phenoxy) is 2. The number of rotatable bonds is 2. The molecule has 5 unspecified atom stereocenters. The van der Waals surface area contributed by atoms with Gasteiger partial charge in [-0.05, 0) is 97.2 Å². The normalized spacial score (nSPS) is 49.0. The summed E-state index contributed by atoms with van der Waals surface area (Å²) in [4.78, 5) is 39.9. The van der Waals surface area contributed by atoms with Crippen LogP contribution in [0, 0.1) is 56.2 Å². The molecular formula is C33H52O5. The third-order valence-corrected chi connectivity index (χ3v) is 13.9. The number of hydrogen-bond donors (Lipinski definition) is 0. The quantitative estimate of drug-likeness (QED) is 0.356. The van der Waals surface area contributed by atoms with Crippen LogP contribution >= 0.6 is 0 Å². The van der Waals surface area contributed by atoms with E-state index >= 15 is 0 Å². The minimum absolute atomic E-state index is 0.0273. The zero-order chi connectivity index (χ0) is 28.1. The van der Waals surface area contributed by atoms with Crippen molar-refractivity contribution in [2.45, 2.75) is 126 Å². The molecule has 0 amide bonds. The number of hydrogen-bond acceptors (Lipinski definition) is 5. The van der Waals surface area contributed by atoms with Crippen molar-refractivity contribution in [3.8, 4) is 0 Å². The number of carbonyl (C=O) groups excluding carboxylic acids is 3. The number of fused-ring (bicyclic) bond motifs is 7. The van der Waals surface area contributed by atoms with Gasteiger partial charge in [-0.25, -0.2) is 0 Å². The van der Waals surface area contributed by atoms with Gasteiger partial charge in [0, 0.05) is 24.7 Å². The van der Waals surface area contributed by atoms with Gasteiger partial charge in [0.15, 0.2) is 0 Å². The SMILES string of the molecule is COC(=O)[C@]12CCC(C)(C)CC1C1C(=O)CC3[C@@]4(C)CCC(OC(C)=O)C(C)(C)C4CC[C@@]3(C)[C@]1(C)CC2. The molecule has 0 aromatic heterocycles. The van der Waals surface area contributed by atoms with Crippen LogP contribution in [0.3, 0.4) is 0 Å². The van der Waals surface area contributed by atoms with E-state index in [-0.39, 0.29) is 57.0 Å². The second kappa shape index (κ2) is 8.56. The molecule has 5 rings (SSSR count). The number of ketones is 1. The second-order valence-electron chi connectivity index (χ2n) is 16.2. The minimum Gasteiger partial charge on any atom is -0.469 e. The van der Waals surface area contributed by atoms with Crippen molar-refractivity contribution in [1.29, 1.82) is 0 Å². The lowest BCUT2D eigenvalue weighted by Gasteiger charge is -2.72. The van der Waals surface area contributed by atoms with E-state index in [0.717, 1.165) is 57.8 Å². The number of methoxy groups -OCH3 is 1. The Balaban J connectivity index is 1.55. The smallest absolute Gasteiger partial charge is 0.312 e. The van der Waals surface area contributed by atoms with E-state index in [9.17, 15) is 14.4 Å². The number of Topliss-reactive ketones (excluding diaryl/α,β-unsaturated/α-hetero) is 1. The lowest BCUT2D eigenvalue weighted by Crippen LogP contribution is -2.70. The minimum atomic E-state index is -0.515. The third-order valence-electron chi connectivity index (χ3n) is 13.9. The Morgan fingerprint density at radius 2 is 1.47 bits per heavy atom. The molecule has 0 radical (unpaired) electrons. The first-order valence-electron chi connectivity index (χ1n) is 15.3. The topological polar surface area (TPSA) is 69.7 Å². The Labute approximate surface area is 230 Å². The Bertz CT molecular complexity index is 1030. The molecule has 5 saturated carbocycles. The maximum absolute atomic E-state index is 14.5. The van der Waals surface area contributed by atoms with Crippen LogP contribution in [-0.2, 0) is 23.9 Å². The molecule has 214 valence electrons. The maximum atomic E-state index is 14.5. The monoisotopic (exact) mass is 528 g/mol. The Morgan fingerprint density at radius 1 is 0.816 bits per heavy atom. The molecule has 5 nitrogen and oxygen atoms in total. The summed E-state index contributed by atoms with van der Waals surface area (Å²) in [5.41, 5.74) is -0.585. The molecule has 0 spiro atoms. The summed E-state index contributed by atoms with van der Waals surface area (Å²) in [5, 5.41) is 0. The first kappa shape index (κ1) is 28.1. The van der Waals surface area contributed by atoms with Gasteiger partial charge in [-0.2, -0.15) is 0 Å². The Kier molecular flexibility index (Phi) is 6.34. The van der Waals surface area contributed by atoms with Crippen molar-refractivity contribution in [3.05, 3.63) is 0 Å². The van der Waals surface area contributed by atoms with Crippen molar-refractivity contribution in [3.63, 3.8) is 0 Å². The zero-order valence-corrected chi connectivity index (χ0v) is 25.5. The molecule has 0 N–H and O–H groups in total. The molecule has 0 aliphatic heterocycles. The molecule has 0 bridgehead atoms. The summed E-state index contributed by atoms with van der Waals surface area (Å²) >= 11 is 0. The average molecular weight is 529 g/mol. The zero-order valence-electron chi connectivity index (χ0n) is 25.5. The summed E-state index contributed by atoms with van der Waals surface area (Å²) in [5.74, 6) is 0.815. The molecule has 9 atom stereocenters. The van der Waals surface area contributed by atoms with Crippen LogP contribution in [0.2, 0.25) is 0 Å². The lowest BCUT2D eigenvalue weighted by molar-refractivity contribution is -0.248. The molecule has 5 aliphatic rings. The number of carbonyl (C=O) groups is 3. The van der Waals surface area contributed by atoms with E-state index in [0.29, 0.717) is 24.0 Å². The summed E-state index contributed by atoms with van der Waals surface area (Å²) in [6.07, 6.45) is 9.13. The van der Waals surface area contributed by atoms with Crippen LogP contribution in [0.25, 0.3) is 0 Å². The first-order chi connectivity index (χ1) is 17.5. The van der Waals surface area contributed by atoms with Crippen molar-refractivity contribution in [1.82, 2.24) is 0 Å². The van der Waals surface area contributed by atoms with E-state index in [4.69, 9.17) is 9.47 Å². The fraction of sp³-hybridized carbons (Fsp3) is 0.909. The van der Waals surface area contributed by atoms with Gasteiger partial charge in [0.05, 0.1) is 12.5 Å². The molecule has 0 heterocycles.